The molecule has 0 saturated carbocycles. The Balaban J connectivity index is 3.61. The average Bonchev–Trinajstić information content (AvgIpc) is 1.53. The molecule has 0 fully saturated rings. The summed E-state index contributed by atoms with van der Waals surface area (Å²) in [5, 5.41) is 16.7. The smallest absolute Gasteiger partial charge is 0.0162 e. The zero-order valence-electron chi connectivity index (χ0n) is 7.71. The van der Waals surface area contributed by atoms with Crippen LogP contribution in [0.4, 0.5) is 0 Å². The Morgan fingerprint density at radius 3 is 1.82 bits per heavy atom. The maximum Gasteiger partial charge on any atom is 0.0162 e. The molecule has 0 rings (SSSR count). The van der Waals surface area contributed by atoms with Gasteiger partial charge >= 0.3 is 0 Å². The molecule has 0 aliphatic heterocycles. The Morgan fingerprint density at radius 1 is 1.09 bits per heavy atom. The van der Waals surface area contributed by atoms with Crippen LogP contribution in [0.1, 0.15) is 27.2 Å². The molecule has 0 bridgehead atoms. The largest absolute Gasteiger partial charge is 0.272 e. The maximum atomic E-state index is 5.55. The highest BCUT2D eigenvalue weighted by Crippen LogP contribution is 2.25. The van der Waals surface area contributed by atoms with E-state index in [9.17, 15) is 0 Å². The van der Waals surface area contributed by atoms with E-state index in [0.29, 0.717) is 11.8 Å². The SMILES string of the molecule is CC(C)CC(C)CS(N)(N)N. The summed E-state index contributed by atoms with van der Waals surface area (Å²) >= 11 is 0. The Labute approximate surface area is 71.4 Å². The van der Waals surface area contributed by atoms with E-state index in [1.165, 1.54) is 0 Å². The van der Waals surface area contributed by atoms with Crippen molar-refractivity contribution in [1.82, 2.24) is 0 Å². The van der Waals surface area contributed by atoms with Crippen LogP contribution in [-0.2, 0) is 0 Å². The van der Waals surface area contributed by atoms with Crippen LogP contribution < -0.4 is 15.4 Å². The first-order valence-corrected chi connectivity index (χ1v) is 5.94. The summed E-state index contributed by atoms with van der Waals surface area (Å²) in [6, 6.07) is 0. The summed E-state index contributed by atoms with van der Waals surface area (Å²) in [4.78, 5) is 0. The van der Waals surface area contributed by atoms with Crippen molar-refractivity contribution in [2.45, 2.75) is 27.2 Å². The molecule has 0 aromatic heterocycles. The second-order valence-corrected chi connectivity index (χ2v) is 5.96. The van der Waals surface area contributed by atoms with E-state index in [-0.39, 0.29) is 0 Å². The number of nitrogens with two attached hydrogens (primary N) is 3. The molecule has 0 heterocycles. The Hall–Kier alpha value is 0.230. The van der Waals surface area contributed by atoms with E-state index in [1.807, 2.05) is 0 Å². The Bertz CT molecular complexity index is 109. The van der Waals surface area contributed by atoms with Gasteiger partial charge in [0.2, 0.25) is 0 Å². The van der Waals surface area contributed by atoms with Crippen LogP contribution >= 0.6 is 10.6 Å². The molecule has 0 aromatic carbocycles. The van der Waals surface area contributed by atoms with E-state index in [1.54, 1.807) is 0 Å². The van der Waals surface area contributed by atoms with Gasteiger partial charge in [-0.25, -0.2) is 0 Å². The normalized spacial score (nSPS) is 17.0. The van der Waals surface area contributed by atoms with Gasteiger partial charge in [0.05, 0.1) is 0 Å². The molecule has 1 atom stereocenters. The first-order chi connectivity index (χ1) is 4.81. The van der Waals surface area contributed by atoms with Crippen molar-refractivity contribution < 1.29 is 0 Å². The highest BCUT2D eigenvalue weighted by atomic mass is 32.3. The molecule has 0 saturated heterocycles. The number of hydrogen-bond donors (Lipinski definition) is 3. The van der Waals surface area contributed by atoms with Gasteiger partial charge in [0.15, 0.2) is 0 Å². The third-order valence-corrected chi connectivity index (χ3v) is 2.59. The zero-order valence-corrected chi connectivity index (χ0v) is 8.53. The lowest BCUT2D eigenvalue weighted by Crippen LogP contribution is -2.33. The molecule has 11 heavy (non-hydrogen) atoms. The van der Waals surface area contributed by atoms with Crippen LogP contribution in [-0.4, -0.2) is 5.75 Å². The van der Waals surface area contributed by atoms with Gasteiger partial charge in [-0.05, 0) is 18.3 Å². The van der Waals surface area contributed by atoms with Gasteiger partial charge in [0, 0.05) is 5.75 Å². The summed E-state index contributed by atoms with van der Waals surface area (Å²) in [6.45, 7) is 6.53. The molecule has 70 valence electrons. The summed E-state index contributed by atoms with van der Waals surface area (Å²) in [6.07, 6.45) is 1.15. The minimum atomic E-state index is -1.77. The maximum absolute atomic E-state index is 5.55. The molecular weight excluding hydrogens is 158 g/mol. The molecule has 3 nitrogen and oxygen atoms in total. The van der Waals surface area contributed by atoms with Crippen molar-refractivity contribution in [1.29, 1.82) is 0 Å². The molecule has 0 aromatic rings. The quantitative estimate of drug-likeness (QED) is 0.604. The van der Waals surface area contributed by atoms with E-state index < -0.39 is 10.6 Å². The third-order valence-electron chi connectivity index (χ3n) is 1.45. The molecule has 0 spiro atoms. The predicted molar refractivity (Wildman–Crippen MR) is 53.6 cm³/mol. The van der Waals surface area contributed by atoms with Crippen molar-refractivity contribution in [3.63, 3.8) is 0 Å². The fourth-order valence-corrected chi connectivity index (χ4v) is 2.49. The topological polar surface area (TPSA) is 78.1 Å². The van der Waals surface area contributed by atoms with Crippen molar-refractivity contribution in [3.8, 4) is 0 Å². The third kappa shape index (κ3) is 8.13. The molecule has 0 radical (unpaired) electrons. The van der Waals surface area contributed by atoms with E-state index in [0.717, 1.165) is 12.2 Å². The molecule has 0 aliphatic rings. The van der Waals surface area contributed by atoms with Crippen LogP contribution in [0, 0.1) is 11.8 Å². The second-order valence-electron chi connectivity index (χ2n) is 3.81. The summed E-state index contributed by atoms with van der Waals surface area (Å²) in [5.74, 6) is 2.02. The minimum absolute atomic E-state index is 0.546. The lowest BCUT2D eigenvalue weighted by Gasteiger charge is -2.28. The summed E-state index contributed by atoms with van der Waals surface area (Å²) < 4.78 is 0. The van der Waals surface area contributed by atoms with E-state index >= 15 is 0 Å². The predicted octanol–water partition coefficient (Wildman–Crippen LogP) is 1.09. The van der Waals surface area contributed by atoms with Crippen molar-refractivity contribution >= 4 is 10.6 Å². The van der Waals surface area contributed by atoms with Crippen molar-refractivity contribution in [3.05, 3.63) is 0 Å². The number of rotatable bonds is 4. The summed E-state index contributed by atoms with van der Waals surface area (Å²) in [5.41, 5.74) is 0. The average molecular weight is 179 g/mol. The Morgan fingerprint density at radius 2 is 1.55 bits per heavy atom. The van der Waals surface area contributed by atoms with Crippen LogP contribution in [0.5, 0.6) is 0 Å². The number of hydrogen-bond acceptors (Lipinski definition) is 3. The molecule has 0 aliphatic carbocycles. The molecule has 6 N–H and O–H groups in total. The van der Waals surface area contributed by atoms with Gasteiger partial charge in [0.25, 0.3) is 0 Å². The van der Waals surface area contributed by atoms with Crippen LogP contribution in [0.25, 0.3) is 0 Å². The highest BCUT2D eigenvalue weighted by molar-refractivity contribution is 8.28. The standard InChI is InChI=1S/C7H21N3S/c1-6(2)4-7(3)5-11(8,9)10/h6-7H,4-5,8-10H2,1-3H3. The lowest BCUT2D eigenvalue weighted by molar-refractivity contribution is 0.473. The molecular formula is C7H21N3S. The van der Waals surface area contributed by atoms with Gasteiger partial charge in [-0.3, -0.25) is 15.4 Å². The fraction of sp³-hybridized carbons (Fsp3) is 1.00. The summed E-state index contributed by atoms with van der Waals surface area (Å²) in [7, 11) is -1.77. The fourth-order valence-electron chi connectivity index (χ4n) is 1.37. The van der Waals surface area contributed by atoms with E-state index in [4.69, 9.17) is 15.4 Å². The van der Waals surface area contributed by atoms with Gasteiger partial charge in [0.1, 0.15) is 0 Å². The van der Waals surface area contributed by atoms with Gasteiger partial charge in [-0.15, -0.1) is 0 Å². The molecule has 0 amide bonds. The van der Waals surface area contributed by atoms with E-state index in [2.05, 4.69) is 20.8 Å². The molecule has 4 heteroatoms. The van der Waals surface area contributed by atoms with Crippen molar-refractivity contribution in [2.75, 3.05) is 5.75 Å². The minimum Gasteiger partial charge on any atom is -0.272 e. The molecule has 1 unspecified atom stereocenters. The van der Waals surface area contributed by atoms with Gasteiger partial charge in [-0.1, -0.05) is 31.4 Å². The first-order valence-electron chi connectivity index (χ1n) is 3.95. The second kappa shape index (κ2) is 4.30. The van der Waals surface area contributed by atoms with Crippen LogP contribution in [0.3, 0.4) is 0 Å². The lowest BCUT2D eigenvalue weighted by atomic mass is 10.0. The zero-order chi connectivity index (χ0) is 9.07. The van der Waals surface area contributed by atoms with Crippen LogP contribution in [0.2, 0.25) is 0 Å². The van der Waals surface area contributed by atoms with Crippen molar-refractivity contribution in [2.24, 2.45) is 27.3 Å². The first kappa shape index (κ1) is 11.2. The van der Waals surface area contributed by atoms with Gasteiger partial charge in [-0.2, -0.15) is 0 Å². The monoisotopic (exact) mass is 179 g/mol. The highest BCUT2D eigenvalue weighted by Gasteiger charge is 2.12. The van der Waals surface area contributed by atoms with Crippen LogP contribution in [0.15, 0.2) is 0 Å². The Kier molecular flexibility index (Phi) is 4.39. The van der Waals surface area contributed by atoms with Gasteiger partial charge < -0.3 is 0 Å².